The van der Waals surface area contributed by atoms with E-state index in [0.717, 1.165) is 68.4 Å². The van der Waals surface area contributed by atoms with E-state index in [-0.39, 0.29) is 0 Å². The van der Waals surface area contributed by atoms with Crippen molar-refractivity contribution in [2.45, 2.75) is 33.0 Å². The Morgan fingerprint density at radius 2 is 1.92 bits per heavy atom. The van der Waals surface area contributed by atoms with E-state index in [4.69, 9.17) is 4.52 Å². The molecule has 1 aliphatic rings. The minimum atomic E-state index is -4.35. The van der Waals surface area contributed by atoms with Gasteiger partial charge >= 0.3 is 6.18 Å². The van der Waals surface area contributed by atoms with Gasteiger partial charge in [0.05, 0.1) is 11.3 Å². The highest BCUT2D eigenvalue weighted by atomic mass is 19.4. The third-order valence-electron chi connectivity index (χ3n) is 4.55. The Hall–Kier alpha value is -2.09. The molecule has 0 bridgehead atoms. The molecule has 5 nitrogen and oxygen atoms in total. The Kier molecular flexibility index (Phi) is 4.99. The number of hydrogen-bond donors (Lipinski definition) is 0. The third kappa shape index (κ3) is 4.12. The van der Waals surface area contributed by atoms with Crippen LogP contribution in [0.15, 0.2) is 22.9 Å². The zero-order valence-electron chi connectivity index (χ0n) is 14.3. The monoisotopic (exact) mass is 354 g/mol. The smallest absolute Gasteiger partial charge is 0.361 e. The largest absolute Gasteiger partial charge is 0.417 e. The molecule has 0 unspecified atom stereocenters. The van der Waals surface area contributed by atoms with Crippen LogP contribution in [0, 0.1) is 13.8 Å². The fourth-order valence-corrected chi connectivity index (χ4v) is 3.05. The fraction of sp³-hybridized carbons (Fsp3) is 0.529. The number of nitrogens with zero attached hydrogens (tertiary/aromatic N) is 4. The zero-order valence-corrected chi connectivity index (χ0v) is 14.3. The molecule has 2 aromatic heterocycles. The van der Waals surface area contributed by atoms with Crippen molar-refractivity contribution in [1.82, 2.24) is 15.0 Å². The zero-order chi connectivity index (χ0) is 18.0. The summed E-state index contributed by atoms with van der Waals surface area (Å²) in [6.45, 7) is 7.84. The lowest BCUT2D eigenvalue weighted by Crippen LogP contribution is -2.31. The number of halogens is 3. The summed E-state index contributed by atoms with van der Waals surface area (Å²) < 4.78 is 43.2. The van der Waals surface area contributed by atoms with E-state index in [2.05, 4.69) is 15.0 Å². The molecule has 0 aromatic carbocycles. The lowest BCUT2D eigenvalue weighted by molar-refractivity contribution is -0.137. The number of alkyl halides is 3. The highest BCUT2D eigenvalue weighted by Gasteiger charge is 2.31. The molecule has 0 N–H and O–H groups in total. The number of rotatable bonds is 3. The number of aromatic nitrogens is 2. The predicted molar refractivity (Wildman–Crippen MR) is 87.3 cm³/mol. The topological polar surface area (TPSA) is 45.4 Å². The van der Waals surface area contributed by atoms with Crippen LogP contribution in [0.2, 0.25) is 0 Å². The van der Waals surface area contributed by atoms with Gasteiger partial charge in [-0.15, -0.1) is 0 Å². The molecule has 0 spiro atoms. The molecule has 3 rings (SSSR count). The molecule has 136 valence electrons. The molecule has 0 saturated carbocycles. The molecule has 0 amide bonds. The number of pyridine rings is 1. The van der Waals surface area contributed by atoms with Gasteiger partial charge in [-0.3, -0.25) is 4.90 Å². The van der Waals surface area contributed by atoms with Gasteiger partial charge < -0.3 is 9.42 Å². The Labute approximate surface area is 144 Å². The van der Waals surface area contributed by atoms with Crippen LogP contribution < -0.4 is 4.90 Å². The maximum Gasteiger partial charge on any atom is 0.417 e. The first kappa shape index (κ1) is 17.7. The average molecular weight is 354 g/mol. The third-order valence-corrected chi connectivity index (χ3v) is 4.55. The average Bonchev–Trinajstić information content (AvgIpc) is 2.78. The van der Waals surface area contributed by atoms with Gasteiger partial charge in [-0.25, -0.2) is 4.98 Å². The van der Waals surface area contributed by atoms with Crippen LogP contribution in [0.3, 0.4) is 0 Å². The normalized spacial score (nSPS) is 16.9. The van der Waals surface area contributed by atoms with Crippen molar-refractivity contribution in [3.8, 4) is 0 Å². The molecule has 0 radical (unpaired) electrons. The summed E-state index contributed by atoms with van der Waals surface area (Å²) in [6, 6.07) is 2.54. The number of aryl methyl sites for hydroxylation is 2. The van der Waals surface area contributed by atoms with Gasteiger partial charge in [0, 0.05) is 44.5 Å². The quantitative estimate of drug-likeness (QED) is 0.845. The summed E-state index contributed by atoms with van der Waals surface area (Å²) in [6.07, 6.45) is -2.52. The van der Waals surface area contributed by atoms with E-state index in [1.54, 1.807) is 0 Å². The summed E-state index contributed by atoms with van der Waals surface area (Å²) >= 11 is 0. The van der Waals surface area contributed by atoms with Gasteiger partial charge in [0.25, 0.3) is 0 Å². The second-order valence-electron chi connectivity index (χ2n) is 6.32. The first-order chi connectivity index (χ1) is 11.8. The van der Waals surface area contributed by atoms with Crippen molar-refractivity contribution in [1.29, 1.82) is 0 Å². The van der Waals surface area contributed by atoms with E-state index in [1.165, 1.54) is 6.07 Å². The Balaban J connectivity index is 1.63. The maximum atomic E-state index is 12.7. The van der Waals surface area contributed by atoms with Crippen LogP contribution in [0.5, 0.6) is 0 Å². The molecule has 1 aliphatic heterocycles. The minimum Gasteiger partial charge on any atom is -0.361 e. The number of anilines is 1. The Morgan fingerprint density at radius 3 is 2.52 bits per heavy atom. The molecule has 1 saturated heterocycles. The second-order valence-corrected chi connectivity index (χ2v) is 6.32. The molecule has 0 atom stereocenters. The van der Waals surface area contributed by atoms with Gasteiger partial charge in [-0.1, -0.05) is 5.16 Å². The molecule has 0 aliphatic carbocycles. The van der Waals surface area contributed by atoms with Crippen molar-refractivity contribution in [2.75, 3.05) is 31.1 Å². The van der Waals surface area contributed by atoms with Gasteiger partial charge in [0.1, 0.15) is 11.6 Å². The maximum absolute atomic E-state index is 12.7. The summed E-state index contributed by atoms with van der Waals surface area (Å²) in [5.74, 6) is 1.43. The van der Waals surface area contributed by atoms with Crippen molar-refractivity contribution in [3.63, 3.8) is 0 Å². The van der Waals surface area contributed by atoms with Gasteiger partial charge in [0.15, 0.2) is 0 Å². The van der Waals surface area contributed by atoms with Gasteiger partial charge in [-0.05, 0) is 32.4 Å². The van der Waals surface area contributed by atoms with Crippen LogP contribution in [-0.2, 0) is 12.7 Å². The molecule has 3 heterocycles. The molecular weight excluding hydrogens is 333 g/mol. The molecule has 1 fully saturated rings. The number of hydrogen-bond acceptors (Lipinski definition) is 5. The fourth-order valence-electron chi connectivity index (χ4n) is 3.05. The van der Waals surface area contributed by atoms with Crippen LogP contribution in [0.4, 0.5) is 19.0 Å². The van der Waals surface area contributed by atoms with Gasteiger partial charge in [0.2, 0.25) is 0 Å². The lowest BCUT2D eigenvalue weighted by Gasteiger charge is -2.23. The first-order valence-corrected chi connectivity index (χ1v) is 8.27. The van der Waals surface area contributed by atoms with Crippen LogP contribution in [-0.4, -0.2) is 41.2 Å². The van der Waals surface area contributed by atoms with Crippen molar-refractivity contribution < 1.29 is 17.7 Å². The molecular formula is C17H21F3N4O. The van der Waals surface area contributed by atoms with Crippen LogP contribution in [0.25, 0.3) is 0 Å². The lowest BCUT2D eigenvalue weighted by atomic mass is 10.2. The minimum absolute atomic E-state index is 0.590. The highest BCUT2D eigenvalue weighted by Crippen LogP contribution is 2.29. The van der Waals surface area contributed by atoms with E-state index >= 15 is 0 Å². The molecule has 2 aromatic rings. The van der Waals surface area contributed by atoms with E-state index in [0.29, 0.717) is 5.82 Å². The van der Waals surface area contributed by atoms with E-state index < -0.39 is 11.7 Å². The van der Waals surface area contributed by atoms with Crippen LogP contribution in [0.1, 0.15) is 29.0 Å². The summed E-state index contributed by atoms with van der Waals surface area (Å²) in [5.41, 5.74) is 1.30. The predicted octanol–water partition coefficient (Wildman–Crippen LogP) is 3.42. The Bertz CT molecular complexity index is 692. The van der Waals surface area contributed by atoms with E-state index in [9.17, 15) is 13.2 Å². The van der Waals surface area contributed by atoms with Gasteiger partial charge in [-0.2, -0.15) is 13.2 Å². The first-order valence-electron chi connectivity index (χ1n) is 8.27. The van der Waals surface area contributed by atoms with Crippen molar-refractivity contribution in [3.05, 3.63) is 40.9 Å². The summed E-state index contributed by atoms with van der Waals surface area (Å²) in [5, 5.41) is 3.98. The Morgan fingerprint density at radius 1 is 1.12 bits per heavy atom. The van der Waals surface area contributed by atoms with Crippen molar-refractivity contribution in [2.24, 2.45) is 0 Å². The summed E-state index contributed by atoms with van der Waals surface area (Å²) in [4.78, 5) is 8.35. The second kappa shape index (κ2) is 7.03. The standard InChI is InChI=1S/C17H21F3N4O/c1-12-15(13(2)25-22-12)11-23-6-3-7-24(9-8-23)16-5-4-14(10-21-16)17(18,19)20/h4-5,10H,3,6-9,11H2,1-2H3. The summed E-state index contributed by atoms with van der Waals surface area (Å²) in [7, 11) is 0. The SMILES string of the molecule is Cc1noc(C)c1CN1CCCN(c2ccc(C(F)(F)F)cn2)CC1. The molecule has 8 heteroatoms. The highest BCUT2D eigenvalue weighted by molar-refractivity contribution is 5.40. The van der Waals surface area contributed by atoms with E-state index in [1.807, 2.05) is 18.7 Å². The van der Waals surface area contributed by atoms with Crippen LogP contribution >= 0.6 is 0 Å². The van der Waals surface area contributed by atoms with Crippen molar-refractivity contribution >= 4 is 5.82 Å². The molecule has 25 heavy (non-hydrogen) atoms.